The lowest BCUT2D eigenvalue weighted by atomic mass is 10.2. The quantitative estimate of drug-likeness (QED) is 0.508. The first-order chi connectivity index (χ1) is 9.88. The van der Waals surface area contributed by atoms with Gasteiger partial charge in [0.05, 0.1) is 20.7 Å². The summed E-state index contributed by atoms with van der Waals surface area (Å²) in [6, 6.07) is 7.55. The third-order valence-electron chi connectivity index (χ3n) is 2.63. The number of nitrogens with one attached hydrogen (secondary N) is 1. The Bertz CT molecular complexity index is 717. The number of carbonyl (C=O) groups is 1. The second kappa shape index (κ2) is 5.99. The second-order valence-corrected chi connectivity index (χ2v) is 4.86. The first kappa shape index (κ1) is 15.1. The largest absolute Gasteiger partial charge is 0.506 e. The summed E-state index contributed by atoms with van der Waals surface area (Å²) >= 11 is 11.5. The van der Waals surface area contributed by atoms with Crippen LogP contribution in [0.25, 0.3) is 0 Å². The Morgan fingerprint density at radius 1 is 1.14 bits per heavy atom. The van der Waals surface area contributed by atoms with E-state index in [1.807, 2.05) is 0 Å². The summed E-state index contributed by atoms with van der Waals surface area (Å²) < 4.78 is 0. The molecule has 6 nitrogen and oxygen atoms in total. The number of phenolic OH excluding ortho intramolecular Hbond substituents is 1. The molecule has 0 aromatic heterocycles. The highest BCUT2D eigenvalue weighted by Crippen LogP contribution is 2.33. The summed E-state index contributed by atoms with van der Waals surface area (Å²) in [6.45, 7) is 0. The minimum Gasteiger partial charge on any atom is -0.506 e. The number of hydrogen-bond donors (Lipinski definition) is 2. The topological polar surface area (TPSA) is 92.5 Å². The van der Waals surface area contributed by atoms with E-state index in [2.05, 4.69) is 5.32 Å². The molecule has 0 heterocycles. The Kier molecular flexibility index (Phi) is 4.30. The fourth-order valence-electron chi connectivity index (χ4n) is 1.57. The number of hydrogen-bond acceptors (Lipinski definition) is 4. The number of rotatable bonds is 3. The Hall–Kier alpha value is -2.31. The van der Waals surface area contributed by atoms with Gasteiger partial charge < -0.3 is 10.4 Å². The van der Waals surface area contributed by atoms with Crippen molar-refractivity contribution in [1.82, 2.24) is 0 Å². The first-order valence-corrected chi connectivity index (χ1v) is 6.38. The molecule has 0 spiro atoms. The summed E-state index contributed by atoms with van der Waals surface area (Å²) in [5, 5.41) is 23.0. The number of nitro benzene ring substituents is 1. The molecule has 0 bridgehead atoms. The SMILES string of the molecule is O=C(Nc1cc(Cl)c(Cl)cc1O)c1ccc([N+](=O)[O-])cc1. The maximum absolute atomic E-state index is 12.0. The van der Waals surface area contributed by atoms with Gasteiger partial charge in [-0.2, -0.15) is 0 Å². The molecule has 2 aromatic carbocycles. The van der Waals surface area contributed by atoms with Crippen LogP contribution in [0.3, 0.4) is 0 Å². The molecule has 0 radical (unpaired) electrons. The maximum Gasteiger partial charge on any atom is 0.269 e. The van der Waals surface area contributed by atoms with Gasteiger partial charge in [-0.1, -0.05) is 23.2 Å². The zero-order valence-corrected chi connectivity index (χ0v) is 11.9. The summed E-state index contributed by atoms with van der Waals surface area (Å²) in [4.78, 5) is 21.9. The van der Waals surface area contributed by atoms with E-state index in [1.54, 1.807) is 0 Å². The number of carbonyl (C=O) groups excluding carboxylic acids is 1. The molecule has 8 heteroatoms. The van der Waals surface area contributed by atoms with Crippen LogP contribution in [0.1, 0.15) is 10.4 Å². The van der Waals surface area contributed by atoms with Crippen LogP contribution in [0.5, 0.6) is 5.75 Å². The molecule has 0 aliphatic heterocycles. The Morgan fingerprint density at radius 3 is 2.29 bits per heavy atom. The number of phenols is 1. The molecule has 0 saturated carbocycles. The van der Waals surface area contributed by atoms with E-state index >= 15 is 0 Å². The van der Waals surface area contributed by atoms with Gasteiger partial charge in [0.25, 0.3) is 11.6 Å². The van der Waals surface area contributed by atoms with Crippen LogP contribution < -0.4 is 5.32 Å². The van der Waals surface area contributed by atoms with Gasteiger partial charge in [0.2, 0.25) is 0 Å². The van der Waals surface area contributed by atoms with Crippen molar-refractivity contribution in [1.29, 1.82) is 0 Å². The minimum absolute atomic E-state index is 0.0905. The van der Waals surface area contributed by atoms with E-state index in [-0.39, 0.29) is 32.7 Å². The van der Waals surface area contributed by atoms with Crippen molar-refractivity contribution >= 4 is 40.5 Å². The van der Waals surface area contributed by atoms with Crippen LogP contribution in [0, 0.1) is 10.1 Å². The summed E-state index contributed by atoms with van der Waals surface area (Å²) in [5.41, 5.74) is 0.169. The lowest BCUT2D eigenvalue weighted by Gasteiger charge is -2.08. The normalized spacial score (nSPS) is 10.2. The molecule has 108 valence electrons. The summed E-state index contributed by atoms with van der Waals surface area (Å²) in [7, 11) is 0. The Balaban J connectivity index is 2.22. The van der Waals surface area contributed by atoms with Crippen LogP contribution >= 0.6 is 23.2 Å². The fraction of sp³-hybridized carbons (Fsp3) is 0. The van der Waals surface area contributed by atoms with Gasteiger partial charge in [-0.05, 0) is 18.2 Å². The molecule has 0 aliphatic carbocycles. The zero-order chi connectivity index (χ0) is 15.6. The van der Waals surface area contributed by atoms with E-state index < -0.39 is 10.8 Å². The fourth-order valence-corrected chi connectivity index (χ4v) is 1.89. The third-order valence-corrected chi connectivity index (χ3v) is 3.35. The van der Waals surface area contributed by atoms with Crippen LogP contribution in [0.15, 0.2) is 36.4 Å². The highest BCUT2D eigenvalue weighted by molar-refractivity contribution is 6.42. The number of benzene rings is 2. The smallest absolute Gasteiger partial charge is 0.269 e. The second-order valence-electron chi connectivity index (χ2n) is 4.04. The van der Waals surface area contributed by atoms with Crippen molar-refractivity contribution in [2.45, 2.75) is 0 Å². The molecule has 0 atom stereocenters. The Morgan fingerprint density at radius 2 is 1.71 bits per heavy atom. The summed E-state index contributed by atoms with van der Waals surface area (Å²) in [6.07, 6.45) is 0. The molecule has 0 unspecified atom stereocenters. The number of aromatic hydroxyl groups is 1. The zero-order valence-electron chi connectivity index (χ0n) is 10.3. The van der Waals surface area contributed by atoms with Crippen LogP contribution in [0.4, 0.5) is 11.4 Å². The predicted octanol–water partition coefficient (Wildman–Crippen LogP) is 3.86. The molecule has 0 aliphatic rings. The number of non-ortho nitro benzene ring substituents is 1. The number of nitrogens with zero attached hydrogens (tertiary/aromatic N) is 1. The van der Waals surface area contributed by atoms with Crippen molar-refractivity contribution < 1.29 is 14.8 Å². The van der Waals surface area contributed by atoms with E-state index in [9.17, 15) is 20.0 Å². The molecule has 21 heavy (non-hydrogen) atoms. The number of amides is 1. The number of halogens is 2. The average molecular weight is 327 g/mol. The van der Waals surface area contributed by atoms with Crippen molar-refractivity contribution in [3.63, 3.8) is 0 Å². The van der Waals surface area contributed by atoms with Gasteiger partial charge in [-0.25, -0.2) is 0 Å². The van der Waals surface area contributed by atoms with Crippen molar-refractivity contribution in [3.8, 4) is 5.75 Å². The van der Waals surface area contributed by atoms with E-state index in [0.717, 1.165) is 0 Å². The van der Waals surface area contributed by atoms with Crippen LogP contribution in [-0.2, 0) is 0 Å². The Labute approximate surface area is 129 Å². The van der Waals surface area contributed by atoms with Crippen molar-refractivity contribution in [2.24, 2.45) is 0 Å². The predicted molar refractivity (Wildman–Crippen MR) is 79.2 cm³/mol. The van der Waals surface area contributed by atoms with Gasteiger partial charge in [0.15, 0.2) is 0 Å². The van der Waals surface area contributed by atoms with Gasteiger partial charge in [-0.15, -0.1) is 0 Å². The van der Waals surface area contributed by atoms with Gasteiger partial charge in [0.1, 0.15) is 5.75 Å². The molecule has 2 rings (SSSR count). The molecular weight excluding hydrogens is 319 g/mol. The minimum atomic E-state index is -0.563. The molecular formula is C13H8Cl2N2O4. The lowest BCUT2D eigenvalue weighted by molar-refractivity contribution is -0.384. The molecule has 0 saturated heterocycles. The van der Waals surface area contributed by atoms with Gasteiger partial charge in [-0.3, -0.25) is 14.9 Å². The summed E-state index contributed by atoms with van der Waals surface area (Å²) in [5.74, 6) is -0.779. The maximum atomic E-state index is 12.0. The first-order valence-electron chi connectivity index (χ1n) is 5.62. The number of nitro groups is 1. The van der Waals surface area contributed by atoms with Crippen LogP contribution in [0.2, 0.25) is 10.0 Å². The lowest BCUT2D eigenvalue weighted by Crippen LogP contribution is -2.12. The van der Waals surface area contributed by atoms with Crippen molar-refractivity contribution in [3.05, 3.63) is 62.1 Å². The molecule has 1 amide bonds. The molecule has 2 aromatic rings. The van der Waals surface area contributed by atoms with Crippen LogP contribution in [-0.4, -0.2) is 15.9 Å². The highest BCUT2D eigenvalue weighted by atomic mass is 35.5. The highest BCUT2D eigenvalue weighted by Gasteiger charge is 2.13. The molecule has 0 fully saturated rings. The standard InChI is InChI=1S/C13H8Cl2N2O4/c14-9-5-11(12(18)6-10(9)15)16-13(19)7-1-3-8(4-2-7)17(20)21/h1-6,18H,(H,16,19). The van der Waals surface area contributed by atoms with E-state index in [0.29, 0.717) is 0 Å². The molecule has 2 N–H and O–H groups in total. The van der Waals surface area contributed by atoms with E-state index in [4.69, 9.17) is 23.2 Å². The van der Waals surface area contributed by atoms with Crippen molar-refractivity contribution in [2.75, 3.05) is 5.32 Å². The average Bonchev–Trinajstić information content (AvgIpc) is 2.44. The monoisotopic (exact) mass is 326 g/mol. The number of anilines is 1. The van der Waals surface area contributed by atoms with Gasteiger partial charge >= 0.3 is 0 Å². The van der Waals surface area contributed by atoms with E-state index in [1.165, 1.54) is 36.4 Å². The van der Waals surface area contributed by atoms with Gasteiger partial charge in [0, 0.05) is 23.8 Å². The third kappa shape index (κ3) is 3.42.